The van der Waals surface area contributed by atoms with Gasteiger partial charge in [-0.3, -0.25) is 9.20 Å². The first-order valence-corrected chi connectivity index (χ1v) is 7.41. The molecule has 120 valence electrons. The lowest BCUT2D eigenvalue weighted by atomic mass is 10.2. The number of aryl methyl sites for hydroxylation is 1. The van der Waals surface area contributed by atoms with Crippen molar-refractivity contribution in [2.45, 2.75) is 6.92 Å². The fourth-order valence-corrected chi connectivity index (χ4v) is 2.33. The average Bonchev–Trinajstić information content (AvgIpc) is 2.63. The van der Waals surface area contributed by atoms with Crippen LogP contribution in [0.2, 0.25) is 0 Å². The molecule has 3 rings (SSSR count). The van der Waals surface area contributed by atoms with Gasteiger partial charge in [0.25, 0.3) is 5.56 Å². The van der Waals surface area contributed by atoms with E-state index in [0.29, 0.717) is 11.4 Å². The minimum Gasteiger partial charge on any atom is -0.438 e. The summed E-state index contributed by atoms with van der Waals surface area (Å²) in [6.45, 7) is 1.83. The Morgan fingerprint density at radius 2 is 1.88 bits per heavy atom. The Labute approximate surface area is 143 Å². The number of nitrogens with zero attached hydrogens (tertiary/aromatic N) is 4. The first-order chi connectivity index (χ1) is 12.1. The van der Waals surface area contributed by atoms with Gasteiger partial charge in [-0.05, 0) is 36.8 Å². The third kappa shape index (κ3) is 3.10. The Morgan fingerprint density at radius 3 is 2.56 bits per heavy atom. The molecule has 2 aromatic heterocycles. The SMILES string of the molecule is Cc1cccn2c(=O)c(C=C(C#N)C#N)c(Oc3ccccc3)nc12. The smallest absolute Gasteiger partial charge is 0.269 e. The van der Waals surface area contributed by atoms with Crippen LogP contribution < -0.4 is 10.3 Å². The average molecular weight is 328 g/mol. The molecule has 0 aliphatic carbocycles. The van der Waals surface area contributed by atoms with E-state index in [1.54, 1.807) is 48.7 Å². The van der Waals surface area contributed by atoms with Crippen molar-refractivity contribution in [1.29, 1.82) is 10.5 Å². The molecule has 1 aromatic carbocycles. The van der Waals surface area contributed by atoms with Crippen LogP contribution >= 0.6 is 0 Å². The van der Waals surface area contributed by atoms with Crippen molar-refractivity contribution in [2.24, 2.45) is 0 Å². The second-order valence-electron chi connectivity index (χ2n) is 5.22. The van der Waals surface area contributed by atoms with E-state index < -0.39 is 5.56 Å². The molecule has 6 heteroatoms. The van der Waals surface area contributed by atoms with E-state index in [0.717, 1.165) is 5.56 Å². The number of rotatable bonds is 3. The standard InChI is InChI=1S/C19H12N4O2/c1-13-6-5-9-23-17(13)22-18(25-15-7-3-2-4-8-15)16(19(23)24)10-14(11-20)12-21/h2-10H,1H3. The topological polar surface area (TPSA) is 91.2 Å². The van der Waals surface area contributed by atoms with Crippen LogP contribution in [0.15, 0.2) is 59.0 Å². The van der Waals surface area contributed by atoms with Crippen molar-refractivity contribution in [3.05, 3.63) is 75.7 Å². The Hall–Kier alpha value is -3.90. The van der Waals surface area contributed by atoms with Gasteiger partial charge >= 0.3 is 0 Å². The van der Waals surface area contributed by atoms with Gasteiger partial charge in [-0.25, -0.2) is 0 Å². The summed E-state index contributed by atoms with van der Waals surface area (Å²) in [5, 5.41) is 18.0. The van der Waals surface area contributed by atoms with E-state index in [9.17, 15) is 4.79 Å². The van der Waals surface area contributed by atoms with Gasteiger partial charge < -0.3 is 4.74 Å². The molecule has 0 atom stereocenters. The number of nitriles is 2. The van der Waals surface area contributed by atoms with Gasteiger partial charge in [-0.2, -0.15) is 15.5 Å². The summed E-state index contributed by atoms with van der Waals surface area (Å²) in [6, 6.07) is 15.9. The molecule has 3 aromatic rings. The Bertz CT molecular complexity index is 1100. The van der Waals surface area contributed by atoms with E-state index in [2.05, 4.69) is 4.98 Å². The van der Waals surface area contributed by atoms with Crippen molar-refractivity contribution in [3.63, 3.8) is 0 Å². The molecule has 0 unspecified atom stereocenters. The summed E-state index contributed by atoms with van der Waals surface area (Å²) in [5.74, 6) is 0.547. The zero-order chi connectivity index (χ0) is 17.8. The van der Waals surface area contributed by atoms with Gasteiger partial charge in [-0.15, -0.1) is 0 Å². The number of fused-ring (bicyclic) bond motifs is 1. The van der Waals surface area contributed by atoms with Crippen LogP contribution in [0.25, 0.3) is 11.7 Å². The predicted molar refractivity (Wildman–Crippen MR) is 91.9 cm³/mol. The van der Waals surface area contributed by atoms with Crippen LogP contribution in [-0.4, -0.2) is 9.38 Å². The maximum absolute atomic E-state index is 12.8. The maximum Gasteiger partial charge on any atom is 0.269 e. The minimum atomic E-state index is -0.414. The molecule has 0 aliphatic heterocycles. The lowest BCUT2D eigenvalue weighted by molar-refractivity contribution is 0.461. The fourth-order valence-electron chi connectivity index (χ4n) is 2.33. The summed E-state index contributed by atoms with van der Waals surface area (Å²) >= 11 is 0. The molecule has 6 nitrogen and oxygen atoms in total. The third-order valence-corrected chi connectivity index (χ3v) is 3.54. The molecule has 0 saturated heterocycles. The number of para-hydroxylation sites is 1. The van der Waals surface area contributed by atoms with Crippen LogP contribution in [-0.2, 0) is 0 Å². The molecule has 0 aliphatic rings. The number of aromatic nitrogens is 2. The highest BCUT2D eigenvalue weighted by molar-refractivity contribution is 5.66. The van der Waals surface area contributed by atoms with Gasteiger partial charge in [0, 0.05) is 6.20 Å². The van der Waals surface area contributed by atoms with Crippen LogP contribution in [0.5, 0.6) is 11.6 Å². The number of allylic oxidation sites excluding steroid dienone is 1. The molecule has 0 bridgehead atoms. The number of pyridine rings is 1. The maximum atomic E-state index is 12.8. The van der Waals surface area contributed by atoms with E-state index in [4.69, 9.17) is 15.3 Å². The van der Waals surface area contributed by atoms with Crippen LogP contribution in [0.3, 0.4) is 0 Å². The van der Waals surface area contributed by atoms with Gasteiger partial charge in [0.15, 0.2) is 0 Å². The highest BCUT2D eigenvalue weighted by atomic mass is 16.5. The first kappa shape index (κ1) is 16.0. The van der Waals surface area contributed by atoms with Gasteiger partial charge in [0.2, 0.25) is 5.88 Å². The van der Waals surface area contributed by atoms with Crippen LogP contribution in [0, 0.1) is 29.6 Å². The van der Waals surface area contributed by atoms with Crippen LogP contribution in [0.1, 0.15) is 11.1 Å². The minimum absolute atomic E-state index is 0.0463. The fraction of sp³-hybridized carbons (Fsp3) is 0.0526. The van der Waals surface area contributed by atoms with Crippen molar-refractivity contribution < 1.29 is 4.74 Å². The van der Waals surface area contributed by atoms with E-state index >= 15 is 0 Å². The molecule has 0 fully saturated rings. The molecule has 2 heterocycles. The van der Waals surface area contributed by atoms with Gasteiger partial charge in [0.05, 0.1) is 0 Å². The van der Waals surface area contributed by atoms with Crippen molar-refractivity contribution in [1.82, 2.24) is 9.38 Å². The summed E-state index contributed by atoms with van der Waals surface area (Å²) in [4.78, 5) is 17.3. The number of hydrogen-bond acceptors (Lipinski definition) is 5. The lowest BCUT2D eigenvalue weighted by Crippen LogP contribution is -2.19. The Morgan fingerprint density at radius 1 is 1.16 bits per heavy atom. The molecule has 25 heavy (non-hydrogen) atoms. The Balaban J connectivity index is 2.31. The second-order valence-corrected chi connectivity index (χ2v) is 5.22. The molecule has 0 N–H and O–H groups in total. The quantitative estimate of drug-likeness (QED) is 0.688. The zero-order valence-corrected chi connectivity index (χ0v) is 13.3. The number of benzene rings is 1. The third-order valence-electron chi connectivity index (χ3n) is 3.54. The monoisotopic (exact) mass is 328 g/mol. The second kappa shape index (κ2) is 6.69. The van der Waals surface area contributed by atoms with Crippen molar-refractivity contribution >= 4 is 11.7 Å². The summed E-state index contributed by atoms with van der Waals surface area (Å²) in [7, 11) is 0. The molecular formula is C19H12N4O2. The van der Waals surface area contributed by atoms with Crippen LogP contribution in [0.4, 0.5) is 0 Å². The van der Waals surface area contributed by atoms with Gasteiger partial charge in [-0.1, -0.05) is 24.3 Å². The number of hydrogen-bond donors (Lipinski definition) is 0. The normalized spacial score (nSPS) is 9.88. The van der Waals surface area contributed by atoms with E-state index in [1.807, 2.05) is 19.1 Å². The lowest BCUT2D eigenvalue weighted by Gasteiger charge is -2.11. The van der Waals surface area contributed by atoms with E-state index in [1.165, 1.54) is 10.5 Å². The molecular weight excluding hydrogens is 316 g/mol. The highest BCUT2D eigenvalue weighted by Crippen LogP contribution is 2.24. The Kier molecular flexibility index (Phi) is 4.28. The number of ether oxygens (including phenoxy) is 1. The summed E-state index contributed by atoms with van der Waals surface area (Å²) < 4.78 is 7.12. The largest absolute Gasteiger partial charge is 0.438 e. The zero-order valence-electron chi connectivity index (χ0n) is 13.3. The van der Waals surface area contributed by atoms with Crippen molar-refractivity contribution in [3.8, 4) is 23.8 Å². The molecule has 0 spiro atoms. The first-order valence-electron chi connectivity index (χ1n) is 7.41. The molecule has 0 saturated carbocycles. The van der Waals surface area contributed by atoms with E-state index in [-0.39, 0.29) is 17.0 Å². The molecule has 0 radical (unpaired) electrons. The highest BCUT2D eigenvalue weighted by Gasteiger charge is 2.15. The summed E-state index contributed by atoms with van der Waals surface area (Å²) in [6.07, 6.45) is 2.78. The molecule has 0 amide bonds. The summed E-state index contributed by atoms with van der Waals surface area (Å²) in [5.41, 5.74) is 0.678. The van der Waals surface area contributed by atoms with Gasteiger partial charge in [0.1, 0.15) is 34.7 Å². The van der Waals surface area contributed by atoms with Crippen molar-refractivity contribution in [2.75, 3.05) is 0 Å². The predicted octanol–water partition coefficient (Wildman–Crippen LogP) is 3.23.